The van der Waals surface area contributed by atoms with Gasteiger partial charge >= 0.3 is 12.0 Å². The van der Waals surface area contributed by atoms with Crippen LogP contribution in [0.15, 0.2) is 48.5 Å². The molecule has 8 heteroatoms. The third-order valence-electron chi connectivity index (χ3n) is 6.83. The summed E-state index contributed by atoms with van der Waals surface area (Å²) >= 11 is 0. The van der Waals surface area contributed by atoms with Gasteiger partial charge in [-0.15, -0.1) is 0 Å². The molecule has 2 atom stereocenters. The lowest BCUT2D eigenvalue weighted by Gasteiger charge is -2.52. The number of likely N-dealkylation sites (tertiary alicyclic amines) is 1. The van der Waals surface area contributed by atoms with Gasteiger partial charge in [0.05, 0.1) is 19.1 Å². The highest BCUT2D eigenvalue weighted by Gasteiger charge is 2.63. The Labute approximate surface area is 212 Å². The number of carbonyl (C=O) groups is 3. The zero-order chi connectivity index (χ0) is 26.3. The minimum Gasteiger partial charge on any atom is -0.508 e. The van der Waals surface area contributed by atoms with E-state index in [-0.39, 0.29) is 24.1 Å². The Morgan fingerprint density at radius 1 is 1.03 bits per heavy atom. The maximum absolute atomic E-state index is 13.3. The van der Waals surface area contributed by atoms with Gasteiger partial charge in [-0.25, -0.2) is 9.69 Å². The van der Waals surface area contributed by atoms with Crippen molar-refractivity contribution in [1.29, 1.82) is 0 Å². The Hall–Kier alpha value is -3.55. The average Bonchev–Trinajstić information content (AvgIpc) is 2.86. The fourth-order valence-electron chi connectivity index (χ4n) is 4.64. The second kappa shape index (κ2) is 11.9. The molecule has 2 N–H and O–H groups in total. The number of ether oxygens (including phenoxy) is 2. The van der Waals surface area contributed by atoms with Crippen molar-refractivity contribution < 1.29 is 29.0 Å². The van der Waals surface area contributed by atoms with Crippen molar-refractivity contribution >= 4 is 17.9 Å². The molecule has 3 amide bonds. The summed E-state index contributed by atoms with van der Waals surface area (Å²) < 4.78 is 11.2. The number of β-lactam (4-membered cyclic amide) rings is 1. The average molecular weight is 497 g/mol. The molecule has 1 fully saturated rings. The van der Waals surface area contributed by atoms with Crippen LogP contribution in [0.1, 0.15) is 70.5 Å². The summed E-state index contributed by atoms with van der Waals surface area (Å²) in [5, 5.41) is 12.4. The Kier molecular flexibility index (Phi) is 8.96. The number of aromatic hydroxyl groups is 1. The summed E-state index contributed by atoms with van der Waals surface area (Å²) in [7, 11) is 0. The van der Waals surface area contributed by atoms with Crippen molar-refractivity contribution in [3.63, 3.8) is 0 Å². The molecule has 0 radical (unpaired) electrons. The molecule has 8 nitrogen and oxygen atoms in total. The van der Waals surface area contributed by atoms with E-state index in [1.165, 1.54) is 12.1 Å². The van der Waals surface area contributed by atoms with Crippen molar-refractivity contribution in [1.82, 2.24) is 10.2 Å². The Bertz CT molecular complexity index is 1050. The van der Waals surface area contributed by atoms with Gasteiger partial charge in [-0.05, 0) is 61.6 Å². The number of phenolic OH excluding ortho intramolecular Hbond substituents is 1. The number of hydrogen-bond acceptors (Lipinski definition) is 6. The number of imide groups is 1. The first-order valence-electron chi connectivity index (χ1n) is 12.6. The van der Waals surface area contributed by atoms with Crippen molar-refractivity contribution in [2.24, 2.45) is 5.41 Å². The molecule has 0 aliphatic carbocycles. The predicted molar refractivity (Wildman–Crippen MR) is 135 cm³/mol. The quantitative estimate of drug-likeness (QED) is 0.331. The molecule has 2 aromatic rings. The van der Waals surface area contributed by atoms with E-state index < -0.39 is 23.6 Å². The minimum absolute atomic E-state index is 0.0332. The second-order valence-electron chi connectivity index (χ2n) is 9.02. The van der Waals surface area contributed by atoms with Crippen molar-refractivity contribution in [3.05, 3.63) is 59.7 Å². The molecule has 3 rings (SSSR count). The third kappa shape index (κ3) is 5.64. The standard InChI is InChI=1S/C28H36N2O6/c1-5-9-23(20-12-16-22(17-13-20)35-8-4)29-27(34)30-25(33)28(6-2,7-3)26(30)36-24(32)18-19-10-14-21(31)15-11-19/h10-17,23,26,31H,5-9,18H2,1-4H3,(H,29,34)/t23-,26+/m1/s1. The van der Waals surface area contributed by atoms with E-state index in [1.54, 1.807) is 12.1 Å². The Morgan fingerprint density at radius 2 is 1.67 bits per heavy atom. The topological polar surface area (TPSA) is 105 Å². The largest absolute Gasteiger partial charge is 0.508 e. The number of nitrogens with one attached hydrogen (secondary N) is 1. The van der Waals surface area contributed by atoms with Crippen LogP contribution in [-0.4, -0.2) is 40.7 Å². The summed E-state index contributed by atoms with van der Waals surface area (Å²) in [5.41, 5.74) is 0.637. The molecule has 2 aromatic carbocycles. The number of hydrogen-bond donors (Lipinski definition) is 2. The van der Waals surface area contributed by atoms with Crippen LogP contribution in [0, 0.1) is 5.41 Å². The van der Waals surface area contributed by atoms with Gasteiger partial charge in [-0.3, -0.25) is 9.59 Å². The first-order chi connectivity index (χ1) is 17.3. The van der Waals surface area contributed by atoms with Crippen LogP contribution in [-0.2, 0) is 20.7 Å². The molecule has 1 saturated heterocycles. The van der Waals surface area contributed by atoms with Crippen LogP contribution in [0.2, 0.25) is 0 Å². The molecule has 0 bridgehead atoms. The molecular formula is C28H36N2O6. The van der Waals surface area contributed by atoms with Crippen LogP contribution in [0.3, 0.4) is 0 Å². The molecule has 36 heavy (non-hydrogen) atoms. The van der Waals surface area contributed by atoms with Crippen LogP contribution in [0.4, 0.5) is 4.79 Å². The van der Waals surface area contributed by atoms with Gasteiger partial charge in [0, 0.05) is 0 Å². The van der Waals surface area contributed by atoms with Gasteiger partial charge < -0.3 is 19.9 Å². The van der Waals surface area contributed by atoms with Crippen molar-refractivity contribution in [3.8, 4) is 11.5 Å². The lowest BCUT2D eigenvalue weighted by molar-refractivity contribution is -0.211. The minimum atomic E-state index is -0.979. The van der Waals surface area contributed by atoms with E-state index in [2.05, 4.69) is 5.32 Å². The molecule has 194 valence electrons. The maximum atomic E-state index is 13.3. The number of nitrogens with zero attached hydrogens (tertiary/aromatic N) is 1. The van der Waals surface area contributed by atoms with E-state index in [0.29, 0.717) is 31.4 Å². The molecule has 1 aliphatic rings. The van der Waals surface area contributed by atoms with Gasteiger partial charge in [0.25, 0.3) is 0 Å². The predicted octanol–water partition coefficient (Wildman–Crippen LogP) is 5.10. The summed E-state index contributed by atoms with van der Waals surface area (Å²) in [4.78, 5) is 40.3. The van der Waals surface area contributed by atoms with Crippen molar-refractivity contribution in [2.75, 3.05) is 6.61 Å². The first-order valence-corrected chi connectivity index (χ1v) is 12.6. The summed E-state index contributed by atoms with van der Waals surface area (Å²) in [6.07, 6.45) is 1.38. The molecular weight excluding hydrogens is 460 g/mol. The fraction of sp³-hybridized carbons (Fsp3) is 0.464. The number of benzene rings is 2. The fourth-order valence-corrected chi connectivity index (χ4v) is 4.64. The number of rotatable bonds is 11. The van der Waals surface area contributed by atoms with Gasteiger partial charge in [0.2, 0.25) is 5.91 Å². The molecule has 1 aliphatic heterocycles. The molecule has 0 saturated carbocycles. The zero-order valence-corrected chi connectivity index (χ0v) is 21.5. The Morgan fingerprint density at radius 3 is 2.22 bits per heavy atom. The Balaban J connectivity index is 1.76. The second-order valence-corrected chi connectivity index (χ2v) is 9.02. The summed E-state index contributed by atoms with van der Waals surface area (Å²) in [6.45, 7) is 8.22. The normalized spacial score (nSPS) is 17.2. The monoisotopic (exact) mass is 496 g/mol. The van der Waals surface area contributed by atoms with Gasteiger partial charge in [0.1, 0.15) is 16.9 Å². The van der Waals surface area contributed by atoms with E-state index in [4.69, 9.17) is 9.47 Å². The maximum Gasteiger partial charge on any atom is 0.327 e. The molecule has 0 unspecified atom stereocenters. The van der Waals surface area contributed by atoms with Crippen LogP contribution in [0.5, 0.6) is 11.5 Å². The highest BCUT2D eigenvalue weighted by Crippen LogP contribution is 2.46. The number of carbonyl (C=O) groups excluding carboxylic acids is 3. The van der Waals surface area contributed by atoms with Crippen molar-refractivity contribution in [2.45, 2.75) is 72.1 Å². The molecule has 0 spiro atoms. The third-order valence-corrected chi connectivity index (χ3v) is 6.83. The van der Waals surface area contributed by atoms with E-state index >= 15 is 0 Å². The lowest BCUT2D eigenvalue weighted by Crippen LogP contribution is -2.73. The lowest BCUT2D eigenvalue weighted by atomic mass is 9.72. The van der Waals surface area contributed by atoms with E-state index in [0.717, 1.165) is 22.6 Å². The highest BCUT2D eigenvalue weighted by molar-refractivity contribution is 6.03. The molecule has 1 heterocycles. The highest BCUT2D eigenvalue weighted by atomic mass is 16.6. The van der Waals surface area contributed by atoms with Gasteiger partial charge in [-0.1, -0.05) is 51.5 Å². The van der Waals surface area contributed by atoms with Gasteiger partial charge in [0.15, 0.2) is 6.23 Å². The van der Waals surface area contributed by atoms with Crippen LogP contribution < -0.4 is 10.1 Å². The molecule has 0 aromatic heterocycles. The summed E-state index contributed by atoms with van der Waals surface area (Å²) in [5.74, 6) is -0.0324. The SMILES string of the molecule is CCC[C@@H](NC(=O)N1C(=O)C(CC)(CC)[C@@H]1OC(=O)Cc1ccc(O)cc1)c1ccc(OCC)cc1. The van der Waals surface area contributed by atoms with E-state index in [9.17, 15) is 19.5 Å². The zero-order valence-electron chi connectivity index (χ0n) is 21.5. The smallest absolute Gasteiger partial charge is 0.327 e. The van der Waals surface area contributed by atoms with Crippen LogP contribution >= 0.6 is 0 Å². The first kappa shape index (κ1) is 27.0. The summed E-state index contributed by atoms with van der Waals surface area (Å²) in [6, 6.07) is 12.9. The number of esters is 1. The number of phenols is 1. The van der Waals surface area contributed by atoms with Crippen LogP contribution in [0.25, 0.3) is 0 Å². The number of urea groups is 1. The number of amides is 3. The van der Waals surface area contributed by atoms with Gasteiger partial charge in [-0.2, -0.15) is 0 Å². The van der Waals surface area contributed by atoms with E-state index in [1.807, 2.05) is 52.0 Å².